The van der Waals surface area contributed by atoms with Crippen molar-refractivity contribution in [3.05, 3.63) is 29.3 Å². The molecule has 22 heavy (non-hydrogen) atoms. The van der Waals surface area contributed by atoms with Gasteiger partial charge in [-0.05, 0) is 38.5 Å². The molecule has 4 nitrogen and oxygen atoms in total. The van der Waals surface area contributed by atoms with Gasteiger partial charge in [-0.3, -0.25) is 0 Å². The maximum atomic E-state index is 13.1. The summed E-state index contributed by atoms with van der Waals surface area (Å²) in [4.78, 5) is 4.21. The number of benzene rings is 1. The van der Waals surface area contributed by atoms with Crippen LogP contribution in [0.4, 0.5) is 13.2 Å². The molecule has 2 N–H and O–H groups in total. The van der Waals surface area contributed by atoms with Crippen LogP contribution in [0.5, 0.6) is 5.75 Å². The molecule has 1 rings (SSSR count). The molecule has 0 heterocycles. The van der Waals surface area contributed by atoms with Crippen molar-refractivity contribution in [1.29, 1.82) is 0 Å². The Kier molecular flexibility index (Phi) is 6.52. The summed E-state index contributed by atoms with van der Waals surface area (Å²) in [6.07, 6.45) is -4.44. The number of rotatable bonds is 5. The number of halogens is 3. The van der Waals surface area contributed by atoms with Gasteiger partial charge in [-0.25, -0.2) is 4.99 Å². The summed E-state index contributed by atoms with van der Waals surface area (Å²) in [5.74, 6) is 0.661. The Bertz CT molecular complexity index is 513. The number of aliphatic imine (C=N–C) groups is 1. The lowest BCUT2D eigenvalue weighted by Gasteiger charge is -2.16. The molecule has 1 aromatic rings. The molecule has 0 atom stereocenters. The van der Waals surface area contributed by atoms with E-state index in [2.05, 4.69) is 15.6 Å². The molecular weight excluding hydrogens is 295 g/mol. The molecule has 0 aliphatic heterocycles. The Morgan fingerprint density at radius 2 is 2.00 bits per heavy atom. The fourth-order valence-electron chi connectivity index (χ4n) is 1.84. The first-order chi connectivity index (χ1) is 10.3. The van der Waals surface area contributed by atoms with Gasteiger partial charge in [0.15, 0.2) is 5.96 Å². The molecular formula is C15H22F3N3O. The summed E-state index contributed by atoms with van der Waals surface area (Å²) < 4.78 is 44.2. The van der Waals surface area contributed by atoms with Crippen molar-refractivity contribution in [3.8, 4) is 5.75 Å². The van der Waals surface area contributed by atoms with Gasteiger partial charge in [-0.1, -0.05) is 6.07 Å². The fourth-order valence-corrected chi connectivity index (χ4v) is 1.84. The predicted molar refractivity (Wildman–Crippen MR) is 81.1 cm³/mol. The molecule has 0 saturated carbocycles. The number of hydrogen-bond acceptors (Lipinski definition) is 2. The van der Waals surface area contributed by atoms with E-state index in [9.17, 15) is 13.2 Å². The van der Waals surface area contributed by atoms with Gasteiger partial charge in [0.05, 0.1) is 19.2 Å². The van der Waals surface area contributed by atoms with Crippen LogP contribution in [-0.2, 0) is 12.7 Å². The molecule has 0 spiro atoms. The lowest BCUT2D eigenvalue weighted by molar-refractivity contribution is -0.138. The lowest BCUT2D eigenvalue weighted by atomic mass is 10.1. The largest absolute Gasteiger partial charge is 0.497 e. The molecule has 0 amide bonds. The predicted octanol–water partition coefficient (Wildman–Crippen LogP) is 3.18. The Morgan fingerprint density at radius 3 is 2.50 bits per heavy atom. The first-order valence-electron chi connectivity index (χ1n) is 7.06. The number of hydrogen-bond donors (Lipinski definition) is 2. The zero-order valence-electron chi connectivity index (χ0n) is 13.2. The molecule has 0 radical (unpaired) electrons. The third-order valence-electron chi connectivity index (χ3n) is 2.80. The van der Waals surface area contributed by atoms with Crippen LogP contribution in [0.3, 0.4) is 0 Å². The molecule has 0 saturated heterocycles. The summed E-state index contributed by atoms with van der Waals surface area (Å²) in [6, 6.07) is 4.02. The number of methoxy groups -OCH3 is 1. The molecule has 1 aromatic carbocycles. The molecule has 0 aromatic heterocycles. The Morgan fingerprint density at radius 1 is 1.32 bits per heavy atom. The lowest BCUT2D eigenvalue weighted by Crippen LogP contribution is -2.41. The van der Waals surface area contributed by atoms with Gasteiger partial charge < -0.3 is 15.4 Å². The van der Waals surface area contributed by atoms with Crippen molar-refractivity contribution in [2.45, 2.75) is 39.5 Å². The molecule has 7 heteroatoms. The maximum Gasteiger partial charge on any atom is 0.416 e. The van der Waals surface area contributed by atoms with E-state index in [0.717, 1.165) is 6.07 Å². The van der Waals surface area contributed by atoms with Crippen LogP contribution in [0.2, 0.25) is 0 Å². The molecule has 0 aliphatic rings. The van der Waals surface area contributed by atoms with Crippen molar-refractivity contribution in [3.63, 3.8) is 0 Å². The first kappa shape index (κ1) is 18.1. The van der Waals surface area contributed by atoms with E-state index in [1.165, 1.54) is 19.2 Å². The van der Waals surface area contributed by atoms with E-state index in [1.807, 2.05) is 20.8 Å². The van der Waals surface area contributed by atoms with E-state index in [4.69, 9.17) is 4.74 Å². The van der Waals surface area contributed by atoms with Gasteiger partial charge in [-0.15, -0.1) is 0 Å². The van der Waals surface area contributed by atoms with Crippen LogP contribution < -0.4 is 15.4 Å². The van der Waals surface area contributed by atoms with Gasteiger partial charge in [-0.2, -0.15) is 13.2 Å². The summed E-state index contributed by atoms with van der Waals surface area (Å²) >= 11 is 0. The minimum atomic E-state index is -4.44. The summed E-state index contributed by atoms with van der Waals surface area (Å²) in [6.45, 7) is 6.32. The van der Waals surface area contributed by atoms with Gasteiger partial charge in [0.2, 0.25) is 0 Å². The van der Waals surface area contributed by atoms with E-state index in [-0.39, 0.29) is 23.9 Å². The third kappa shape index (κ3) is 5.46. The van der Waals surface area contributed by atoms with Crippen molar-refractivity contribution >= 4 is 5.96 Å². The quantitative estimate of drug-likeness (QED) is 0.648. The van der Waals surface area contributed by atoms with Crippen molar-refractivity contribution < 1.29 is 17.9 Å². The Hall–Kier alpha value is -1.92. The first-order valence-corrected chi connectivity index (χ1v) is 7.06. The molecule has 124 valence electrons. The van der Waals surface area contributed by atoms with E-state index in [1.54, 1.807) is 0 Å². The smallest absolute Gasteiger partial charge is 0.416 e. The van der Waals surface area contributed by atoms with E-state index >= 15 is 0 Å². The van der Waals surface area contributed by atoms with Crippen molar-refractivity contribution in [2.75, 3.05) is 13.7 Å². The van der Waals surface area contributed by atoms with Crippen LogP contribution in [0.25, 0.3) is 0 Å². The highest BCUT2D eigenvalue weighted by atomic mass is 19.4. The van der Waals surface area contributed by atoms with Crippen LogP contribution in [-0.4, -0.2) is 25.7 Å². The average Bonchev–Trinajstić information content (AvgIpc) is 2.43. The van der Waals surface area contributed by atoms with Crippen LogP contribution in [0.1, 0.15) is 31.9 Å². The zero-order chi connectivity index (χ0) is 16.8. The molecule has 0 aliphatic carbocycles. The summed E-state index contributed by atoms with van der Waals surface area (Å²) in [5.41, 5.74) is -0.620. The second-order valence-electron chi connectivity index (χ2n) is 5.02. The van der Waals surface area contributed by atoms with Crippen LogP contribution >= 0.6 is 0 Å². The number of guanidine groups is 1. The van der Waals surface area contributed by atoms with Crippen LogP contribution in [0.15, 0.2) is 23.2 Å². The Labute approximate surface area is 128 Å². The van der Waals surface area contributed by atoms with Gasteiger partial charge in [0.25, 0.3) is 0 Å². The number of alkyl halides is 3. The normalized spacial score (nSPS) is 12.5. The fraction of sp³-hybridized carbons (Fsp3) is 0.533. The van der Waals surface area contributed by atoms with Crippen molar-refractivity contribution in [1.82, 2.24) is 10.6 Å². The SMILES string of the molecule is CCNC(=NCc1ccc(OC)cc1C(F)(F)F)NC(C)C. The number of nitrogens with one attached hydrogen (secondary N) is 2. The highest BCUT2D eigenvalue weighted by Gasteiger charge is 2.33. The monoisotopic (exact) mass is 317 g/mol. The molecule has 0 unspecified atom stereocenters. The van der Waals surface area contributed by atoms with Gasteiger partial charge in [0.1, 0.15) is 5.75 Å². The topological polar surface area (TPSA) is 45.7 Å². The van der Waals surface area contributed by atoms with Gasteiger partial charge in [0, 0.05) is 12.6 Å². The molecule has 0 bridgehead atoms. The average molecular weight is 317 g/mol. The number of ether oxygens (including phenoxy) is 1. The van der Waals surface area contributed by atoms with Gasteiger partial charge >= 0.3 is 6.18 Å². The highest BCUT2D eigenvalue weighted by Crippen LogP contribution is 2.34. The van der Waals surface area contributed by atoms with Crippen molar-refractivity contribution in [2.24, 2.45) is 4.99 Å². The minimum Gasteiger partial charge on any atom is -0.497 e. The second-order valence-corrected chi connectivity index (χ2v) is 5.02. The van der Waals surface area contributed by atoms with E-state index < -0.39 is 11.7 Å². The zero-order valence-corrected chi connectivity index (χ0v) is 13.2. The van der Waals surface area contributed by atoms with Crippen LogP contribution in [0, 0.1) is 0 Å². The maximum absolute atomic E-state index is 13.1. The highest BCUT2D eigenvalue weighted by molar-refractivity contribution is 5.80. The second kappa shape index (κ2) is 7.91. The molecule has 0 fully saturated rings. The summed E-state index contributed by atoms with van der Waals surface area (Å²) in [7, 11) is 1.34. The minimum absolute atomic E-state index is 0.0686. The third-order valence-corrected chi connectivity index (χ3v) is 2.80. The standard InChI is InChI=1S/C15H22F3N3O/c1-5-19-14(21-10(2)3)20-9-11-6-7-12(22-4)8-13(11)15(16,17)18/h6-8,10H,5,9H2,1-4H3,(H2,19,20,21). The summed E-state index contributed by atoms with van der Waals surface area (Å²) in [5, 5.41) is 6.06. The number of nitrogens with zero attached hydrogens (tertiary/aromatic N) is 1. The Balaban J connectivity index is 3.05. The van der Waals surface area contributed by atoms with E-state index in [0.29, 0.717) is 12.5 Å².